The molecule has 0 radical (unpaired) electrons. The monoisotopic (exact) mass is 187 g/mol. The number of aliphatic carboxylic acids is 1. The minimum atomic E-state index is -0.931. The van der Waals surface area contributed by atoms with Crippen LogP contribution in [0.5, 0.6) is 0 Å². The van der Waals surface area contributed by atoms with Crippen LogP contribution < -0.4 is 4.72 Å². The van der Waals surface area contributed by atoms with Crippen molar-refractivity contribution in [1.29, 1.82) is 0 Å². The summed E-state index contributed by atoms with van der Waals surface area (Å²) in [6.45, 7) is 0. The lowest BCUT2D eigenvalue weighted by Crippen LogP contribution is -2.32. The van der Waals surface area contributed by atoms with Crippen LogP contribution in [0.2, 0.25) is 0 Å². The van der Waals surface area contributed by atoms with Crippen molar-refractivity contribution in [2.24, 2.45) is 0 Å². The second-order valence-corrected chi connectivity index (χ2v) is 2.56. The van der Waals surface area contributed by atoms with Crippen molar-refractivity contribution >= 4 is 18.8 Å². The van der Waals surface area contributed by atoms with E-state index in [1.165, 1.54) is 6.33 Å². The Morgan fingerprint density at radius 1 is 1.92 bits per heavy atom. The number of aromatic nitrogens is 2. The Labute approximate surface area is 74.8 Å². The van der Waals surface area contributed by atoms with Gasteiger partial charge in [0.1, 0.15) is 6.04 Å². The average Bonchev–Trinajstić information content (AvgIpc) is 2.51. The number of carbonyl (C=O) groups is 1. The van der Waals surface area contributed by atoms with Crippen LogP contribution in [0.25, 0.3) is 0 Å². The van der Waals surface area contributed by atoms with Crippen molar-refractivity contribution in [3.63, 3.8) is 0 Å². The first-order chi connectivity index (χ1) is 5.74. The van der Waals surface area contributed by atoms with Crippen LogP contribution in [-0.2, 0) is 11.2 Å². The molecule has 0 aliphatic rings. The van der Waals surface area contributed by atoms with E-state index in [0.717, 1.165) is 5.69 Å². The van der Waals surface area contributed by atoms with Gasteiger partial charge >= 0.3 is 5.97 Å². The Morgan fingerprint density at radius 2 is 2.67 bits per heavy atom. The molecule has 0 fully saturated rings. The number of rotatable bonds is 4. The molecule has 0 aliphatic carbocycles. The van der Waals surface area contributed by atoms with Crippen molar-refractivity contribution in [3.8, 4) is 0 Å². The summed E-state index contributed by atoms with van der Waals surface area (Å²) in [5.41, 5.74) is 0.768. The third-order valence-corrected chi connectivity index (χ3v) is 1.74. The third-order valence-electron chi connectivity index (χ3n) is 1.43. The van der Waals surface area contributed by atoms with Gasteiger partial charge in [-0.25, -0.2) is 4.98 Å². The number of aromatic amines is 1. The molecule has 6 heteroatoms. The van der Waals surface area contributed by atoms with Gasteiger partial charge < -0.3 is 10.1 Å². The largest absolute Gasteiger partial charge is 0.480 e. The normalized spacial score (nSPS) is 12.8. The zero-order chi connectivity index (χ0) is 8.97. The summed E-state index contributed by atoms with van der Waals surface area (Å²) in [6.07, 6.45) is 3.44. The van der Waals surface area contributed by atoms with Gasteiger partial charge in [-0.2, -0.15) is 0 Å². The number of nitrogens with zero attached hydrogens (tertiary/aromatic N) is 1. The maximum absolute atomic E-state index is 10.5. The zero-order valence-electron chi connectivity index (χ0n) is 6.19. The maximum atomic E-state index is 10.5. The van der Waals surface area contributed by atoms with E-state index in [2.05, 4.69) is 27.5 Å². The molecule has 0 aromatic carbocycles. The number of hydrogen-bond acceptors (Lipinski definition) is 4. The maximum Gasteiger partial charge on any atom is 0.321 e. The van der Waals surface area contributed by atoms with Gasteiger partial charge in [0.25, 0.3) is 0 Å². The van der Waals surface area contributed by atoms with Crippen molar-refractivity contribution in [1.82, 2.24) is 14.7 Å². The SMILES string of the molecule is O=C(O)[C@H](Cc1cnc[nH]1)NS. The van der Waals surface area contributed by atoms with Gasteiger partial charge in [0.15, 0.2) is 0 Å². The summed E-state index contributed by atoms with van der Waals surface area (Å²) in [7, 11) is 0. The number of carboxylic acids is 1. The molecule has 0 unspecified atom stereocenters. The van der Waals surface area contributed by atoms with Gasteiger partial charge in [0, 0.05) is 18.3 Å². The molecule has 1 atom stereocenters. The highest BCUT2D eigenvalue weighted by Crippen LogP contribution is 1.98. The lowest BCUT2D eigenvalue weighted by Gasteiger charge is -2.07. The van der Waals surface area contributed by atoms with Gasteiger partial charge in [-0.05, 0) is 0 Å². The first-order valence-corrected chi connectivity index (χ1v) is 3.78. The molecule has 66 valence electrons. The zero-order valence-corrected chi connectivity index (χ0v) is 7.08. The second kappa shape index (κ2) is 4.13. The Morgan fingerprint density at radius 3 is 3.08 bits per heavy atom. The summed E-state index contributed by atoms with van der Waals surface area (Å²) in [4.78, 5) is 17.1. The van der Waals surface area contributed by atoms with Crippen molar-refractivity contribution in [3.05, 3.63) is 18.2 Å². The van der Waals surface area contributed by atoms with E-state index in [-0.39, 0.29) is 0 Å². The molecule has 1 aromatic rings. The molecule has 0 bridgehead atoms. The minimum Gasteiger partial charge on any atom is -0.480 e. The number of hydrogen-bond donors (Lipinski definition) is 4. The molecular weight excluding hydrogens is 178 g/mol. The summed E-state index contributed by atoms with van der Waals surface area (Å²) in [5, 5.41) is 8.63. The molecule has 1 rings (SSSR count). The highest BCUT2D eigenvalue weighted by molar-refractivity contribution is 7.78. The number of nitrogens with one attached hydrogen (secondary N) is 2. The van der Waals surface area contributed by atoms with E-state index in [4.69, 9.17) is 5.11 Å². The van der Waals surface area contributed by atoms with Crippen LogP contribution in [0.3, 0.4) is 0 Å². The number of thiol groups is 1. The van der Waals surface area contributed by atoms with Crippen LogP contribution >= 0.6 is 12.8 Å². The summed E-state index contributed by atoms with van der Waals surface area (Å²) in [5.74, 6) is -0.931. The van der Waals surface area contributed by atoms with Crippen molar-refractivity contribution < 1.29 is 9.90 Å². The quantitative estimate of drug-likeness (QED) is 0.494. The summed E-state index contributed by atoms with van der Waals surface area (Å²) < 4.78 is 2.39. The van der Waals surface area contributed by atoms with E-state index in [1.54, 1.807) is 6.20 Å². The first-order valence-electron chi connectivity index (χ1n) is 3.33. The molecule has 1 heterocycles. The predicted octanol–water partition coefficient (Wildman–Crippen LogP) is -0.160. The highest BCUT2D eigenvalue weighted by atomic mass is 32.1. The van der Waals surface area contributed by atoms with E-state index < -0.39 is 12.0 Å². The van der Waals surface area contributed by atoms with E-state index in [0.29, 0.717) is 6.42 Å². The van der Waals surface area contributed by atoms with Gasteiger partial charge in [-0.3, -0.25) is 9.52 Å². The number of carboxylic acid groups (broad SMARTS) is 1. The minimum absolute atomic E-state index is 0.346. The van der Waals surface area contributed by atoms with Gasteiger partial charge in [-0.15, -0.1) is 0 Å². The summed E-state index contributed by atoms with van der Waals surface area (Å²) in [6, 6.07) is -0.686. The molecule has 0 saturated carbocycles. The van der Waals surface area contributed by atoms with Crippen LogP contribution in [-0.4, -0.2) is 27.1 Å². The molecule has 5 nitrogen and oxygen atoms in total. The smallest absolute Gasteiger partial charge is 0.321 e. The molecule has 0 saturated heterocycles. The Bertz CT molecular complexity index is 249. The third kappa shape index (κ3) is 2.24. The van der Waals surface area contributed by atoms with Crippen molar-refractivity contribution in [2.75, 3.05) is 0 Å². The molecule has 0 aliphatic heterocycles. The predicted molar refractivity (Wildman–Crippen MR) is 45.8 cm³/mol. The lowest BCUT2D eigenvalue weighted by atomic mass is 10.2. The lowest BCUT2D eigenvalue weighted by molar-refractivity contribution is -0.138. The fourth-order valence-corrected chi connectivity index (χ4v) is 1.01. The second-order valence-electron chi connectivity index (χ2n) is 2.30. The van der Waals surface area contributed by atoms with Crippen molar-refractivity contribution in [2.45, 2.75) is 12.5 Å². The topological polar surface area (TPSA) is 78.0 Å². The fourth-order valence-electron chi connectivity index (χ4n) is 0.804. The average molecular weight is 187 g/mol. The molecule has 0 spiro atoms. The first kappa shape index (κ1) is 9.08. The standard InChI is InChI=1S/C6H9N3O2S/c10-6(11)5(9-12)1-4-2-7-3-8-4/h2-3,5,9,12H,1H2,(H,7,8)(H,10,11)/t5-/m0/s1. The molecule has 3 N–H and O–H groups in total. The number of imidazole rings is 1. The fraction of sp³-hybridized carbons (Fsp3) is 0.333. The van der Waals surface area contributed by atoms with E-state index in [1.807, 2.05) is 0 Å². The van der Waals surface area contributed by atoms with Crippen LogP contribution in [0.15, 0.2) is 12.5 Å². The molecule has 0 amide bonds. The Hall–Kier alpha value is -1.01. The van der Waals surface area contributed by atoms with Gasteiger partial charge in [0.05, 0.1) is 6.33 Å². The summed E-state index contributed by atoms with van der Waals surface area (Å²) >= 11 is 3.70. The van der Waals surface area contributed by atoms with Crippen LogP contribution in [0.4, 0.5) is 0 Å². The highest BCUT2D eigenvalue weighted by Gasteiger charge is 2.15. The van der Waals surface area contributed by atoms with Crippen LogP contribution in [0, 0.1) is 0 Å². The van der Waals surface area contributed by atoms with E-state index >= 15 is 0 Å². The van der Waals surface area contributed by atoms with Crippen LogP contribution in [0.1, 0.15) is 5.69 Å². The molecule has 12 heavy (non-hydrogen) atoms. The molecule has 1 aromatic heterocycles. The van der Waals surface area contributed by atoms with Gasteiger partial charge in [-0.1, -0.05) is 12.8 Å². The van der Waals surface area contributed by atoms with E-state index in [9.17, 15) is 4.79 Å². The number of H-pyrrole nitrogens is 1. The van der Waals surface area contributed by atoms with Gasteiger partial charge in [0.2, 0.25) is 0 Å². The Kier molecular flexibility index (Phi) is 3.12. The molecular formula is C6H9N3O2S. The Balaban J connectivity index is 2.54.